The highest BCUT2D eigenvalue weighted by Gasteiger charge is 2.16. The Labute approximate surface area is 137 Å². The molecule has 0 radical (unpaired) electrons. The number of anilines is 1. The molecule has 0 aliphatic heterocycles. The first-order valence-electron chi connectivity index (χ1n) is 6.59. The molecule has 6 heteroatoms. The van der Waals surface area contributed by atoms with Crippen molar-refractivity contribution in [2.75, 3.05) is 5.32 Å². The van der Waals surface area contributed by atoms with Gasteiger partial charge in [0, 0.05) is 9.50 Å². The summed E-state index contributed by atoms with van der Waals surface area (Å²) < 4.78 is 0.908. The Morgan fingerprint density at radius 2 is 2.00 bits per heavy atom. The summed E-state index contributed by atoms with van der Waals surface area (Å²) in [5, 5.41) is 3.99. The Morgan fingerprint density at radius 3 is 2.62 bits per heavy atom. The molecule has 1 aromatic heterocycles. The summed E-state index contributed by atoms with van der Waals surface area (Å²) in [6, 6.07) is 3.61. The Balaban J connectivity index is 2.37. The summed E-state index contributed by atoms with van der Waals surface area (Å²) in [4.78, 5) is 19.2. The summed E-state index contributed by atoms with van der Waals surface area (Å²) in [5.41, 5.74) is 3.08. The molecule has 112 valence electrons. The van der Waals surface area contributed by atoms with Crippen molar-refractivity contribution in [2.24, 2.45) is 0 Å². The Kier molecular flexibility index (Phi) is 4.74. The minimum Gasteiger partial charge on any atom is -0.377 e. The molecule has 1 unspecified atom stereocenters. The van der Waals surface area contributed by atoms with Crippen molar-refractivity contribution in [1.82, 2.24) is 9.97 Å². The van der Waals surface area contributed by atoms with Crippen molar-refractivity contribution in [2.45, 2.75) is 33.7 Å². The first-order chi connectivity index (χ1) is 9.79. The smallest absolute Gasteiger partial charge is 0.256 e. The third-order valence-corrected chi connectivity index (χ3v) is 4.38. The summed E-state index contributed by atoms with van der Waals surface area (Å²) in [6.45, 7) is 7.48. The van der Waals surface area contributed by atoms with Crippen LogP contribution in [0.1, 0.15) is 35.6 Å². The van der Waals surface area contributed by atoms with Gasteiger partial charge in [-0.05, 0) is 61.3 Å². The van der Waals surface area contributed by atoms with Gasteiger partial charge in [-0.1, -0.05) is 11.6 Å². The molecule has 0 fully saturated rings. The lowest BCUT2D eigenvalue weighted by Crippen LogP contribution is -2.23. The molecule has 21 heavy (non-hydrogen) atoms. The second kappa shape index (κ2) is 6.20. The lowest BCUT2D eigenvalue weighted by molar-refractivity contribution is 0.813. The molecule has 0 spiro atoms. The van der Waals surface area contributed by atoms with E-state index in [4.69, 9.17) is 11.6 Å². The fourth-order valence-corrected chi connectivity index (χ4v) is 3.04. The average Bonchev–Trinajstić information content (AvgIpc) is 2.34. The predicted octanol–water partition coefficient (Wildman–Crippen LogP) is 4.28. The molecule has 1 heterocycles. The molecule has 1 aromatic carbocycles. The second-order valence-corrected chi connectivity index (χ2v) is 6.36. The van der Waals surface area contributed by atoms with Crippen molar-refractivity contribution < 1.29 is 0 Å². The average molecular weight is 371 g/mol. The molecule has 0 aliphatic carbocycles. The van der Waals surface area contributed by atoms with E-state index in [-0.39, 0.29) is 11.6 Å². The molecule has 1 atom stereocenters. The number of halogens is 2. The van der Waals surface area contributed by atoms with Crippen LogP contribution < -0.4 is 10.9 Å². The maximum absolute atomic E-state index is 12.1. The minimum atomic E-state index is -0.183. The molecule has 0 bridgehead atoms. The zero-order valence-electron chi connectivity index (χ0n) is 12.3. The van der Waals surface area contributed by atoms with Crippen molar-refractivity contribution >= 4 is 33.2 Å². The summed E-state index contributed by atoms with van der Waals surface area (Å²) in [7, 11) is 0. The number of hydrogen-bond donors (Lipinski definition) is 2. The zero-order chi connectivity index (χ0) is 15.7. The van der Waals surface area contributed by atoms with Crippen LogP contribution in [0, 0.1) is 20.8 Å². The van der Waals surface area contributed by atoms with Crippen LogP contribution in [0.5, 0.6) is 0 Å². The van der Waals surface area contributed by atoms with Gasteiger partial charge in [0.15, 0.2) is 0 Å². The third-order valence-electron chi connectivity index (χ3n) is 3.32. The van der Waals surface area contributed by atoms with Crippen LogP contribution in [0.3, 0.4) is 0 Å². The topological polar surface area (TPSA) is 57.8 Å². The fraction of sp³-hybridized carbons (Fsp3) is 0.333. The van der Waals surface area contributed by atoms with Gasteiger partial charge in [0.2, 0.25) is 0 Å². The molecule has 4 nitrogen and oxygen atoms in total. The van der Waals surface area contributed by atoms with Gasteiger partial charge in [0.05, 0.1) is 23.0 Å². The number of aromatic nitrogens is 2. The minimum absolute atomic E-state index is 0.116. The number of aromatic amines is 1. The maximum Gasteiger partial charge on any atom is 0.256 e. The highest BCUT2D eigenvalue weighted by molar-refractivity contribution is 9.10. The van der Waals surface area contributed by atoms with Crippen LogP contribution in [0.25, 0.3) is 0 Å². The van der Waals surface area contributed by atoms with Crippen LogP contribution in [-0.2, 0) is 0 Å². The second-order valence-electron chi connectivity index (χ2n) is 5.10. The fourth-order valence-electron chi connectivity index (χ4n) is 2.31. The molecule has 0 saturated heterocycles. The molecule has 0 aliphatic rings. The highest BCUT2D eigenvalue weighted by atomic mass is 79.9. The van der Waals surface area contributed by atoms with Gasteiger partial charge in [0.1, 0.15) is 5.82 Å². The van der Waals surface area contributed by atoms with Crippen molar-refractivity contribution in [3.05, 3.63) is 54.6 Å². The Bertz CT molecular complexity index is 742. The molecule has 0 amide bonds. The first kappa shape index (κ1) is 16.0. The molecular formula is C15H17BrClN3O. The summed E-state index contributed by atoms with van der Waals surface area (Å²) in [6.07, 6.45) is 0. The number of H-pyrrole nitrogens is 1. The van der Waals surface area contributed by atoms with Crippen LogP contribution in [-0.4, -0.2) is 9.97 Å². The lowest BCUT2D eigenvalue weighted by Gasteiger charge is -2.18. The van der Waals surface area contributed by atoms with E-state index >= 15 is 0 Å². The SMILES string of the molecule is Cc1nc(C)c(C(C)Nc2cc(Cl)c(C)cc2Br)c(=O)[nH]1. The largest absolute Gasteiger partial charge is 0.377 e. The predicted molar refractivity (Wildman–Crippen MR) is 90.3 cm³/mol. The lowest BCUT2D eigenvalue weighted by atomic mass is 10.1. The van der Waals surface area contributed by atoms with E-state index in [1.54, 1.807) is 6.92 Å². The van der Waals surface area contributed by atoms with Crippen molar-refractivity contribution in [1.29, 1.82) is 0 Å². The third kappa shape index (κ3) is 3.47. The van der Waals surface area contributed by atoms with E-state index in [0.717, 1.165) is 21.4 Å². The Hall–Kier alpha value is -1.33. The Morgan fingerprint density at radius 1 is 1.33 bits per heavy atom. The monoisotopic (exact) mass is 369 g/mol. The van der Waals surface area contributed by atoms with Gasteiger partial charge in [-0.15, -0.1) is 0 Å². The van der Waals surface area contributed by atoms with E-state index < -0.39 is 0 Å². The summed E-state index contributed by atoms with van der Waals surface area (Å²) >= 11 is 9.67. The van der Waals surface area contributed by atoms with E-state index in [2.05, 4.69) is 31.2 Å². The van der Waals surface area contributed by atoms with E-state index in [1.807, 2.05) is 32.9 Å². The van der Waals surface area contributed by atoms with Gasteiger partial charge >= 0.3 is 0 Å². The zero-order valence-corrected chi connectivity index (χ0v) is 14.7. The van der Waals surface area contributed by atoms with Crippen molar-refractivity contribution in [3.8, 4) is 0 Å². The molecule has 2 N–H and O–H groups in total. The van der Waals surface area contributed by atoms with E-state index in [9.17, 15) is 4.79 Å². The number of nitrogens with one attached hydrogen (secondary N) is 2. The standard InChI is InChI=1S/C15H17BrClN3O/c1-7-5-11(16)13(6-12(7)17)19-9(3)14-8(2)18-10(4)20-15(14)21/h5-6,9,19H,1-4H3,(H,18,20,21). The van der Waals surface area contributed by atoms with Gasteiger partial charge in [-0.3, -0.25) is 4.79 Å². The first-order valence-corrected chi connectivity index (χ1v) is 7.76. The van der Waals surface area contributed by atoms with E-state index in [0.29, 0.717) is 16.4 Å². The van der Waals surface area contributed by atoms with Crippen LogP contribution in [0.4, 0.5) is 5.69 Å². The highest BCUT2D eigenvalue weighted by Crippen LogP contribution is 2.31. The number of hydrogen-bond acceptors (Lipinski definition) is 3. The molecule has 2 rings (SSSR count). The number of rotatable bonds is 3. The maximum atomic E-state index is 12.1. The quantitative estimate of drug-likeness (QED) is 0.847. The van der Waals surface area contributed by atoms with E-state index in [1.165, 1.54) is 0 Å². The van der Waals surface area contributed by atoms with Crippen molar-refractivity contribution in [3.63, 3.8) is 0 Å². The van der Waals surface area contributed by atoms with Crippen LogP contribution in [0.2, 0.25) is 5.02 Å². The molecule has 0 saturated carbocycles. The normalized spacial score (nSPS) is 12.3. The van der Waals surface area contributed by atoms with Gasteiger partial charge in [-0.2, -0.15) is 0 Å². The number of benzene rings is 1. The molecule has 2 aromatic rings. The summed E-state index contributed by atoms with van der Waals surface area (Å²) in [5.74, 6) is 0.619. The van der Waals surface area contributed by atoms with Gasteiger partial charge < -0.3 is 10.3 Å². The van der Waals surface area contributed by atoms with Crippen LogP contribution in [0.15, 0.2) is 21.4 Å². The molecular weight excluding hydrogens is 354 g/mol. The van der Waals surface area contributed by atoms with Gasteiger partial charge in [0.25, 0.3) is 5.56 Å². The number of nitrogens with zero attached hydrogens (tertiary/aromatic N) is 1. The van der Waals surface area contributed by atoms with Crippen LogP contribution >= 0.6 is 27.5 Å². The van der Waals surface area contributed by atoms with Gasteiger partial charge in [-0.25, -0.2) is 4.98 Å². The number of aryl methyl sites for hydroxylation is 3.